The van der Waals surface area contributed by atoms with Crippen LogP contribution >= 0.6 is 11.6 Å². The number of aromatic nitrogens is 2. The van der Waals surface area contributed by atoms with Crippen molar-refractivity contribution in [3.63, 3.8) is 0 Å². The van der Waals surface area contributed by atoms with Crippen LogP contribution in [0.4, 0.5) is 0 Å². The molecule has 2 aromatic carbocycles. The van der Waals surface area contributed by atoms with Gasteiger partial charge in [-0.2, -0.15) is 0 Å². The molecule has 5 heteroatoms. The molecule has 0 spiro atoms. The van der Waals surface area contributed by atoms with E-state index in [1.807, 2.05) is 18.2 Å². The van der Waals surface area contributed by atoms with E-state index in [1.165, 1.54) is 11.1 Å². The van der Waals surface area contributed by atoms with Gasteiger partial charge in [-0.25, -0.2) is 0 Å². The predicted octanol–water partition coefficient (Wildman–Crippen LogP) is 3.99. The molecule has 112 valence electrons. The molecule has 0 aliphatic rings. The van der Waals surface area contributed by atoms with Gasteiger partial charge < -0.3 is 9.73 Å². The maximum absolute atomic E-state index is 5.96. The van der Waals surface area contributed by atoms with Gasteiger partial charge in [0.25, 0.3) is 0 Å². The Morgan fingerprint density at radius 2 is 1.86 bits per heavy atom. The number of aryl methyl sites for hydroxylation is 1. The molecule has 3 rings (SSSR count). The largest absolute Gasteiger partial charge is 0.419 e. The Hall–Kier alpha value is -2.17. The Kier molecular flexibility index (Phi) is 4.51. The summed E-state index contributed by atoms with van der Waals surface area (Å²) in [6.45, 7) is 3.36. The van der Waals surface area contributed by atoms with E-state index in [9.17, 15) is 0 Å². The molecule has 0 unspecified atom stereocenters. The summed E-state index contributed by atoms with van der Waals surface area (Å²) in [5, 5.41) is 12.0. The summed E-state index contributed by atoms with van der Waals surface area (Å²) in [4.78, 5) is 0. The third-order valence-corrected chi connectivity index (χ3v) is 3.50. The second-order valence-electron chi connectivity index (χ2n) is 5.10. The first-order chi connectivity index (χ1) is 10.7. The molecule has 0 saturated carbocycles. The fourth-order valence-electron chi connectivity index (χ4n) is 2.08. The highest BCUT2D eigenvalue weighted by Crippen LogP contribution is 2.21. The highest BCUT2D eigenvalue weighted by molar-refractivity contribution is 6.30. The van der Waals surface area contributed by atoms with Crippen LogP contribution in [0.3, 0.4) is 0 Å². The van der Waals surface area contributed by atoms with Crippen molar-refractivity contribution >= 4 is 11.6 Å². The first-order valence-electron chi connectivity index (χ1n) is 7.05. The van der Waals surface area contributed by atoms with E-state index in [2.05, 4.69) is 46.7 Å². The second kappa shape index (κ2) is 6.73. The van der Waals surface area contributed by atoms with E-state index in [0.717, 1.165) is 12.1 Å². The van der Waals surface area contributed by atoms with E-state index < -0.39 is 0 Å². The minimum absolute atomic E-state index is 0.481. The van der Waals surface area contributed by atoms with Crippen molar-refractivity contribution in [2.45, 2.75) is 20.0 Å². The van der Waals surface area contributed by atoms with Crippen LogP contribution < -0.4 is 5.32 Å². The predicted molar refractivity (Wildman–Crippen MR) is 86.5 cm³/mol. The lowest BCUT2D eigenvalue weighted by molar-refractivity contribution is 0.477. The van der Waals surface area contributed by atoms with Crippen molar-refractivity contribution < 1.29 is 4.42 Å². The maximum Gasteiger partial charge on any atom is 0.247 e. The Labute approximate surface area is 134 Å². The van der Waals surface area contributed by atoms with Gasteiger partial charge in [0.1, 0.15) is 0 Å². The fraction of sp³-hybridized carbons (Fsp3) is 0.176. The molecule has 0 radical (unpaired) electrons. The summed E-state index contributed by atoms with van der Waals surface area (Å²) in [6, 6.07) is 15.8. The summed E-state index contributed by atoms with van der Waals surface area (Å²) in [7, 11) is 0. The normalized spacial score (nSPS) is 10.8. The van der Waals surface area contributed by atoms with Gasteiger partial charge in [-0.05, 0) is 30.7 Å². The summed E-state index contributed by atoms with van der Waals surface area (Å²) < 4.78 is 5.64. The van der Waals surface area contributed by atoms with Gasteiger partial charge in [0, 0.05) is 17.1 Å². The minimum Gasteiger partial charge on any atom is -0.419 e. The molecule has 0 aliphatic heterocycles. The van der Waals surface area contributed by atoms with Crippen LogP contribution in [0.15, 0.2) is 52.9 Å². The molecule has 1 N–H and O–H groups in total. The molecule has 1 aromatic heterocycles. The first-order valence-corrected chi connectivity index (χ1v) is 7.43. The average Bonchev–Trinajstić information content (AvgIpc) is 2.98. The van der Waals surface area contributed by atoms with Gasteiger partial charge in [0.05, 0.1) is 6.54 Å². The molecule has 0 fully saturated rings. The lowest BCUT2D eigenvalue weighted by Gasteiger charge is -2.02. The summed E-state index contributed by atoms with van der Waals surface area (Å²) >= 11 is 5.96. The Balaban J connectivity index is 1.59. The molecular formula is C17H16ClN3O. The average molecular weight is 314 g/mol. The summed E-state index contributed by atoms with van der Waals surface area (Å²) in [5.74, 6) is 1.04. The summed E-state index contributed by atoms with van der Waals surface area (Å²) in [6.07, 6.45) is 0. The summed E-state index contributed by atoms with van der Waals surface area (Å²) in [5.41, 5.74) is 3.30. The van der Waals surface area contributed by atoms with Gasteiger partial charge in [0.15, 0.2) is 0 Å². The van der Waals surface area contributed by atoms with Crippen molar-refractivity contribution in [3.8, 4) is 11.5 Å². The van der Waals surface area contributed by atoms with Gasteiger partial charge in [-0.15, -0.1) is 10.2 Å². The van der Waals surface area contributed by atoms with Crippen molar-refractivity contribution in [1.29, 1.82) is 0 Å². The number of benzene rings is 2. The second-order valence-corrected chi connectivity index (χ2v) is 5.54. The molecule has 0 bridgehead atoms. The third-order valence-electron chi connectivity index (χ3n) is 3.26. The molecule has 22 heavy (non-hydrogen) atoms. The van der Waals surface area contributed by atoms with Crippen molar-refractivity contribution in [2.75, 3.05) is 0 Å². The van der Waals surface area contributed by atoms with Gasteiger partial charge in [-0.3, -0.25) is 0 Å². The highest BCUT2D eigenvalue weighted by atomic mass is 35.5. The van der Waals surface area contributed by atoms with Gasteiger partial charge >= 0.3 is 0 Å². The number of halogens is 1. The Bertz CT molecular complexity index is 753. The molecule has 0 saturated heterocycles. The van der Waals surface area contributed by atoms with Crippen LogP contribution in [0.2, 0.25) is 5.02 Å². The number of nitrogens with zero attached hydrogens (tertiary/aromatic N) is 2. The lowest BCUT2D eigenvalue weighted by Crippen LogP contribution is -2.12. The number of hydrogen-bond donors (Lipinski definition) is 1. The van der Waals surface area contributed by atoms with Crippen LogP contribution in [0.5, 0.6) is 0 Å². The zero-order chi connectivity index (χ0) is 15.4. The Morgan fingerprint density at radius 1 is 1.05 bits per heavy atom. The van der Waals surface area contributed by atoms with E-state index in [4.69, 9.17) is 16.0 Å². The standard InChI is InChI=1S/C17H16ClN3O/c1-12-5-7-13(8-6-12)10-19-11-16-20-21-17(22-16)14-3-2-4-15(18)9-14/h2-9,19H,10-11H2,1H3. The number of nitrogens with one attached hydrogen (secondary N) is 1. The van der Waals surface area contributed by atoms with Crippen molar-refractivity contribution in [1.82, 2.24) is 15.5 Å². The topological polar surface area (TPSA) is 51.0 Å². The van der Waals surface area contributed by atoms with Crippen LogP contribution in [0, 0.1) is 6.92 Å². The molecule has 4 nitrogen and oxygen atoms in total. The van der Waals surface area contributed by atoms with Gasteiger partial charge in [0.2, 0.25) is 11.8 Å². The zero-order valence-corrected chi connectivity index (χ0v) is 13.0. The minimum atomic E-state index is 0.481. The zero-order valence-electron chi connectivity index (χ0n) is 12.2. The van der Waals surface area contributed by atoms with E-state index in [1.54, 1.807) is 6.07 Å². The van der Waals surface area contributed by atoms with Crippen LogP contribution in [-0.4, -0.2) is 10.2 Å². The third kappa shape index (κ3) is 3.72. The number of rotatable bonds is 5. The van der Waals surface area contributed by atoms with Gasteiger partial charge in [-0.1, -0.05) is 47.5 Å². The first kappa shape index (κ1) is 14.8. The fourth-order valence-corrected chi connectivity index (χ4v) is 2.27. The number of hydrogen-bond acceptors (Lipinski definition) is 4. The molecule has 0 amide bonds. The Morgan fingerprint density at radius 3 is 2.64 bits per heavy atom. The van der Waals surface area contributed by atoms with E-state index in [0.29, 0.717) is 23.3 Å². The van der Waals surface area contributed by atoms with Crippen LogP contribution in [0.25, 0.3) is 11.5 Å². The molecule has 0 aliphatic carbocycles. The molecule has 0 atom stereocenters. The monoisotopic (exact) mass is 313 g/mol. The smallest absolute Gasteiger partial charge is 0.247 e. The van der Waals surface area contributed by atoms with E-state index in [-0.39, 0.29) is 0 Å². The lowest BCUT2D eigenvalue weighted by atomic mass is 10.1. The molecule has 1 heterocycles. The van der Waals surface area contributed by atoms with E-state index >= 15 is 0 Å². The molecular weight excluding hydrogens is 298 g/mol. The van der Waals surface area contributed by atoms with Crippen molar-refractivity contribution in [2.24, 2.45) is 0 Å². The maximum atomic E-state index is 5.96. The quantitative estimate of drug-likeness (QED) is 0.774. The van der Waals surface area contributed by atoms with Crippen molar-refractivity contribution in [3.05, 3.63) is 70.6 Å². The van der Waals surface area contributed by atoms with Crippen LogP contribution in [-0.2, 0) is 13.1 Å². The highest BCUT2D eigenvalue weighted by Gasteiger charge is 2.08. The molecule has 3 aromatic rings. The SMILES string of the molecule is Cc1ccc(CNCc2nnc(-c3cccc(Cl)c3)o2)cc1. The van der Waals surface area contributed by atoms with Crippen LogP contribution in [0.1, 0.15) is 17.0 Å².